The Hall–Kier alpha value is -0.340. The Balaban J connectivity index is 2.72. The predicted octanol–water partition coefficient (Wildman–Crippen LogP) is 2.50. The highest BCUT2D eigenvalue weighted by Gasteiger charge is 1.98. The molecule has 1 atom stereocenters. The third-order valence-electron chi connectivity index (χ3n) is 1.68. The van der Waals surface area contributed by atoms with Gasteiger partial charge in [0.25, 0.3) is 0 Å². The van der Waals surface area contributed by atoms with Gasteiger partial charge in [0.15, 0.2) is 0 Å². The molecule has 0 spiro atoms. The van der Waals surface area contributed by atoms with Crippen molar-refractivity contribution in [2.24, 2.45) is 0 Å². The highest BCUT2D eigenvalue weighted by Crippen LogP contribution is 2.10. The molecular formula is C10H13BrO. The fraction of sp³-hybridized carbons (Fsp3) is 0.400. The molecule has 1 unspecified atom stereocenters. The third-order valence-corrected chi connectivity index (χ3v) is 2.32. The zero-order chi connectivity index (χ0) is 8.97. The van der Waals surface area contributed by atoms with Gasteiger partial charge in [-0.3, -0.25) is 0 Å². The number of alkyl halides is 1. The maximum Gasteiger partial charge on any atom is 0.0552 e. The summed E-state index contributed by atoms with van der Waals surface area (Å²) in [6.45, 7) is 1.81. The van der Waals surface area contributed by atoms with Crippen LogP contribution in [0.25, 0.3) is 0 Å². The van der Waals surface area contributed by atoms with Gasteiger partial charge in [-0.15, -0.1) is 0 Å². The standard InChI is InChI=1S/C10H13BrO/c1-8(12)5-9-3-2-4-10(6-9)7-11/h2-4,6,8,12H,5,7H2,1H3. The number of halogens is 1. The quantitative estimate of drug-likeness (QED) is 0.789. The monoisotopic (exact) mass is 228 g/mol. The molecule has 1 rings (SSSR count). The van der Waals surface area contributed by atoms with Crippen LogP contribution in [0.4, 0.5) is 0 Å². The van der Waals surface area contributed by atoms with Crippen LogP contribution in [0.5, 0.6) is 0 Å². The first-order chi connectivity index (χ1) is 5.72. The van der Waals surface area contributed by atoms with Crippen LogP contribution in [0.2, 0.25) is 0 Å². The first-order valence-electron chi connectivity index (χ1n) is 4.04. The van der Waals surface area contributed by atoms with Gasteiger partial charge in [0.2, 0.25) is 0 Å². The average molecular weight is 229 g/mol. The van der Waals surface area contributed by atoms with Gasteiger partial charge >= 0.3 is 0 Å². The van der Waals surface area contributed by atoms with Gasteiger partial charge < -0.3 is 5.11 Å². The van der Waals surface area contributed by atoms with Crippen LogP contribution in [-0.2, 0) is 11.8 Å². The van der Waals surface area contributed by atoms with E-state index in [2.05, 4.69) is 28.1 Å². The van der Waals surface area contributed by atoms with Gasteiger partial charge in [0.1, 0.15) is 0 Å². The number of aliphatic hydroxyl groups is 1. The van der Waals surface area contributed by atoms with Crippen molar-refractivity contribution in [1.29, 1.82) is 0 Å². The lowest BCUT2D eigenvalue weighted by atomic mass is 10.1. The molecule has 1 aromatic rings. The molecule has 0 aromatic heterocycles. The molecule has 12 heavy (non-hydrogen) atoms. The van der Waals surface area contributed by atoms with Gasteiger partial charge in [-0.1, -0.05) is 40.2 Å². The Morgan fingerprint density at radius 1 is 1.42 bits per heavy atom. The van der Waals surface area contributed by atoms with E-state index >= 15 is 0 Å². The van der Waals surface area contributed by atoms with Gasteiger partial charge in [-0.05, 0) is 24.5 Å². The van der Waals surface area contributed by atoms with Crippen molar-refractivity contribution in [3.63, 3.8) is 0 Å². The maximum absolute atomic E-state index is 9.16. The second-order valence-electron chi connectivity index (χ2n) is 3.01. The zero-order valence-corrected chi connectivity index (χ0v) is 8.71. The van der Waals surface area contributed by atoms with Crippen molar-refractivity contribution in [2.75, 3.05) is 0 Å². The lowest BCUT2D eigenvalue weighted by molar-refractivity contribution is 0.195. The van der Waals surface area contributed by atoms with Crippen LogP contribution in [0.3, 0.4) is 0 Å². The molecule has 0 aliphatic rings. The lowest BCUT2D eigenvalue weighted by Crippen LogP contribution is -2.04. The number of hydrogen-bond donors (Lipinski definition) is 1. The molecule has 0 amide bonds. The van der Waals surface area contributed by atoms with Gasteiger partial charge in [0.05, 0.1) is 6.10 Å². The summed E-state index contributed by atoms with van der Waals surface area (Å²) in [4.78, 5) is 0. The van der Waals surface area contributed by atoms with Crippen LogP contribution in [0, 0.1) is 0 Å². The summed E-state index contributed by atoms with van der Waals surface area (Å²) < 4.78 is 0. The maximum atomic E-state index is 9.16. The summed E-state index contributed by atoms with van der Waals surface area (Å²) in [5.74, 6) is 0. The first-order valence-corrected chi connectivity index (χ1v) is 5.16. The highest BCUT2D eigenvalue weighted by atomic mass is 79.9. The molecule has 0 heterocycles. The smallest absolute Gasteiger partial charge is 0.0552 e. The van der Waals surface area contributed by atoms with Crippen molar-refractivity contribution in [1.82, 2.24) is 0 Å². The van der Waals surface area contributed by atoms with Gasteiger partial charge in [0, 0.05) is 5.33 Å². The Morgan fingerprint density at radius 3 is 2.67 bits per heavy atom. The minimum Gasteiger partial charge on any atom is -0.393 e. The molecule has 0 aliphatic carbocycles. The summed E-state index contributed by atoms with van der Waals surface area (Å²) in [6.07, 6.45) is 0.483. The van der Waals surface area contributed by atoms with Crippen LogP contribution in [-0.4, -0.2) is 11.2 Å². The average Bonchev–Trinajstić information content (AvgIpc) is 2.03. The summed E-state index contributed by atoms with van der Waals surface area (Å²) in [7, 11) is 0. The molecule has 1 aromatic carbocycles. The zero-order valence-electron chi connectivity index (χ0n) is 7.13. The second-order valence-corrected chi connectivity index (χ2v) is 3.57. The van der Waals surface area contributed by atoms with E-state index in [0.29, 0.717) is 0 Å². The first kappa shape index (κ1) is 9.75. The topological polar surface area (TPSA) is 20.2 Å². The fourth-order valence-electron chi connectivity index (χ4n) is 1.18. The molecule has 0 fully saturated rings. The van der Waals surface area contributed by atoms with Crippen LogP contribution >= 0.6 is 15.9 Å². The van der Waals surface area contributed by atoms with Crippen molar-refractivity contribution >= 4 is 15.9 Å². The van der Waals surface area contributed by atoms with Crippen molar-refractivity contribution < 1.29 is 5.11 Å². The predicted molar refractivity (Wildman–Crippen MR) is 54.5 cm³/mol. The van der Waals surface area contributed by atoms with Gasteiger partial charge in [-0.2, -0.15) is 0 Å². The summed E-state index contributed by atoms with van der Waals surface area (Å²) in [6, 6.07) is 8.24. The van der Waals surface area contributed by atoms with Crippen LogP contribution in [0.15, 0.2) is 24.3 Å². The molecule has 0 radical (unpaired) electrons. The largest absolute Gasteiger partial charge is 0.393 e. The molecule has 0 saturated carbocycles. The molecule has 0 saturated heterocycles. The third kappa shape index (κ3) is 2.95. The Bertz CT molecular complexity index is 245. The van der Waals surface area contributed by atoms with Crippen molar-refractivity contribution in [3.8, 4) is 0 Å². The van der Waals surface area contributed by atoms with E-state index in [-0.39, 0.29) is 6.10 Å². The minimum absolute atomic E-state index is 0.254. The van der Waals surface area contributed by atoms with Gasteiger partial charge in [-0.25, -0.2) is 0 Å². The summed E-state index contributed by atoms with van der Waals surface area (Å²) in [5, 5.41) is 10.0. The van der Waals surface area contributed by atoms with E-state index in [1.165, 1.54) is 11.1 Å². The number of benzene rings is 1. The van der Waals surface area contributed by atoms with Crippen molar-refractivity contribution in [3.05, 3.63) is 35.4 Å². The van der Waals surface area contributed by atoms with Crippen LogP contribution < -0.4 is 0 Å². The molecule has 2 heteroatoms. The number of hydrogen-bond acceptors (Lipinski definition) is 1. The van der Waals surface area contributed by atoms with E-state index in [0.717, 1.165) is 11.8 Å². The molecular weight excluding hydrogens is 216 g/mol. The molecule has 0 aliphatic heterocycles. The minimum atomic E-state index is -0.254. The molecule has 1 N–H and O–H groups in total. The Labute approximate surface area is 81.6 Å². The molecule has 66 valence electrons. The van der Waals surface area contributed by atoms with E-state index in [9.17, 15) is 0 Å². The fourth-order valence-corrected chi connectivity index (χ4v) is 1.53. The van der Waals surface area contributed by atoms with E-state index in [4.69, 9.17) is 5.11 Å². The van der Waals surface area contributed by atoms with E-state index in [1.54, 1.807) is 6.92 Å². The Morgan fingerprint density at radius 2 is 2.08 bits per heavy atom. The van der Waals surface area contributed by atoms with Crippen LogP contribution in [0.1, 0.15) is 18.1 Å². The Kier molecular flexibility index (Phi) is 3.76. The lowest BCUT2D eigenvalue weighted by Gasteiger charge is -2.05. The summed E-state index contributed by atoms with van der Waals surface area (Å²) in [5.41, 5.74) is 2.45. The highest BCUT2D eigenvalue weighted by molar-refractivity contribution is 9.08. The van der Waals surface area contributed by atoms with E-state index in [1.807, 2.05) is 12.1 Å². The second kappa shape index (κ2) is 4.63. The molecule has 0 bridgehead atoms. The van der Waals surface area contributed by atoms with Crippen molar-refractivity contribution in [2.45, 2.75) is 24.8 Å². The van der Waals surface area contributed by atoms with E-state index < -0.39 is 0 Å². The number of aliphatic hydroxyl groups excluding tert-OH is 1. The summed E-state index contributed by atoms with van der Waals surface area (Å²) >= 11 is 3.40. The number of rotatable bonds is 3. The SMILES string of the molecule is CC(O)Cc1cccc(CBr)c1. The normalized spacial score (nSPS) is 12.9. The molecule has 1 nitrogen and oxygen atoms in total.